The second-order valence-electron chi connectivity index (χ2n) is 4.08. The average Bonchev–Trinajstić information content (AvgIpc) is 2.92. The van der Waals surface area contributed by atoms with Crippen molar-refractivity contribution in [1.29, 1.82) is 0 Å². The number of nitro groups is 1. The van der Waals surface area contributed by atoms with Crippen LogP contribution in [0.1, 0.15) is 12.7 Å². The summed E-state index contributed by atoms with van der Waals surface area (Å²) in [5.41, 5.74) is -0.470. The molecule has 21 heavy (non-hydrogen) atoms. The Morgan fingerprint density at radius 3 is 2.76 bits per heavy atom. The van der Waals surface area contributed by atoms with Crippen molar-refractivity contribution in [2.45, 2.75) is 24.9 Å². The van der Waals surface area contributed by atoms with Crippen LogP contribution in [0.5, 0.6) is 0 Å². The van der Waals surface area contributed by atoms with Gasteiger partial charge in [0.2, 0.25) is 10.0 Å². The van der Waals surface area contributed by atoms with E-state index in [4.69, 9.17) is 0 Å². The molecule has 0 fully saturated rings. The van der Waals surface area contributed by atoms with Crippen LogP contribution in [0.15, 0.2) is 35.5 Å². The molecule has 0 unspecified atom stereocenters. The van der Waals surface area contributed by atoms with Gasteiger partial charge in [0.1, 0.15) is 12.2 Å². The average molecular weight is 311 g/mol. The first-order valence-electron chi connectivity index (χ1n) is 6.05. The van der Waals surface area contributed by atoms with E-state index in [1.807, 2.05) is 6.92 Å². The van der Waals surface area contributed by atoms with Crippen LogP contribution in [0.25, 0.3) is 0 Å². The molecular formula is C11H13N5O4S. The zero-order chi connectivity index (χ0) is 15.5. The summed E-state index contributed by atoms with van der Waals surface area (Å²) in [6, 6.07) is 5.16. The largest absolute Gasteiger partial charge is 0.317 e. The van der Waals surface area contributed by atoms with Crippen molar-refractivity contribution < 1.29 is 13.3 Å². The minimum atomic E-state index is -4.01. The number of nitrogens with one attached hydrogen (secondary N) is 1. The van der Waals surface area contributed by atoms with Gasteiger partial charge in [-0.1, -0.05) is 12.1 Å². The van der Waals surface area contributed by atoms with Crippen LogP contribution in [0.2, 0.25) is 0 Å². The first-order valence-corrected chi connectivity index (χ1v) is 7.53. The van der Waals surface area contributed by atoms with E-state index in [9.17, 15) is 18.5 Å². The molecule has 0 spiro atoms. The van der Waals surface area contributed by atoms with Crippen LogP contribution in [0.4, 0.5) is 5.69 Å². The quantitative estimate of drug-likeness (QED) is 0.619. The van der Waals surface area contributed by atoms with Gasteiger partial charge >= 0.3 is 0 Å². The summed E-state index contributed by atoms with van der Waals surface area (Å²) in [4.78, 5) is 9.78. The normalized spacial score (nSPS) is 11.5. The lowest BCUT2D eigenvalue weighted by atomic mass is 10.3. The number of aryl methyl sites for hydroxylation is 1. The lowest BCUT2D eigenvalue weighted by Crippen LogP contribution is -2.25. The number of benzene rings is 1. The predicted molar refractivity (Wildman–Crippen MR) is 72.8 cm³/mol. The molecule has 0 saturated heterocycles. The van der Waals surface area contributed by atoms with Crippen molar-refractivity contribution in [2.24, 2.45) is 0 Å². The molecule has 0 aliphatic rings. The van der Waals surface area contributed by atoms with E-state index in [-0.39, 0.29) is 11.4 Å². The van der Waals surface area contributed by atoms with Crippen LogP contribution in [-0.4, -0.2) is 28.1 Å². The second kappa shape index (κ2) is 5.97. The Bertz CT molecular complexity index is 755. The van der Waals surface area contributed by atoms with Crippen LogP contribution in [0, 0.1) is 10.1 Å². The van der Waals surface area contributed by atoms with Crippen molar-refractivity contribution in [3.63, 3.8) is 0 Å². The number of rotatable bonds is 6. The van der Waals surface area contributed by atoms with E-state index in [1.54, 1.807) is 4.57 Å². The van der Waals surface area contributed by atoms with E-state index in [1.165, 1.54) is 24.5 Å². The minimum absolute atomic E-state index is 0.0950. The third-order valence-electron chi connectivity index (χ3n) is 2.81. The van der Waals surface area contributed by atoms with Gasteiger partial charge < -0.3 is 4.57 Å². The summed E-state index contributed by atoms with van der Waals surface area (Å²) in [5.74, 6) is 0.430. The summed E-state index contributed by atoms with van der Waals surface area (Å²) in [6.45, 7) is 2.36. The van der Waals surface area contributed by atoms with E-state index in [0.29, 0.717) is 12.4 Å². The summed E-state index contributed by atoms with van der Waals surface area (Å²) >= 11 is 0. The topological polar surface area (TPSA) is 120 Å². The molecule has 2 rings (SSSR count). The van der Waals surface area contributed by atoms with Crippen LogP contribution in [-0.2, 0) is 23.1 Å². The summed E-state index contributed by atoms with van der Waals surface area (Å²) in [6.07, 6.45) is 1.48. The molecule has 0 aliphatic heterocycles. The van der Waals surface area contributed by atoms with E-state index < -0.39 is 20.6 Å². The third-order valence-corrected chi connectivity index (χ3v) is 4.26. The zero-order valence-electron chi connectivity index (χ0n) is 11.1. The van der Waals surface area contributed by atoms with Crippen LogP contribution >= 0.6 is 0 Å². The Labute approximate surface area is 120 Å². The van der Waals surface area contributed by atoms with Crippen molar-refractivity contribution in [1.82, 2.24) is 19.5 Å². The first kappa shape index (κ1) is 15.1. The number of para-hydroxylation sites is 1. The van der Waals surface area contributed by atoms with Gasteiger partial charge in [0.15, 0.2) is 4.90 Å². The van der Waals surface area contributed by atoms with Gasteiger partial charge in [-0.2, -0.15) is 0 Å². The summed E-state index contributed by atoms with van der Waals surface area (Å²) < 4.78 is 28.3. The van der Waals surface area contributed by atoms with E-state index >= 15 is 0 Å². The van der Waals surface area contributed by atoms with Gasteiger partial charge in [-0.3, -0.25) is 10.1 Å². The molecule has 0 radical (unpaired) electrons. The van der Waals surface area contributed by atoms with Crippen molar-refractivity contribution >= 4 is 15.7 Å². The zero-order valence-corrected chi connectivity index (χ0v) is 11.9. The fourth-order valence-corrected chi connectivity index (χ4v) is 2.90. The first-order chi connectivity index (χ1) is 9.95. The molecule has 9 nitrogen and oxygen atoms in total. The molecule has 0 aliphatic carbocycles. The molecule has 0 atom stereocenters. The van der Waals surface area contributed by atoms with Gasteiger partial charge in [0.25, 0.3) is 5.69 Å². The molecule has 0 saturated carbocycles. The molecule has 0 amide bonds. The van der Waals surface area contributed by atoms with Gasteiger partial charge in [-0.15, -0.1) is 10.2 Å². The Kier molecular flexibility index (Phi) is 4.29. The monoisotopic (exact) mass is 311 g/mol. The maximum absolute atomic E-state index is 12.2. The lowest BCUT2D eigenvalue weighted by Gasteiger charge is -2.07. The molecule has 112 valence electrons. The lowest BCUT2D eigenvalue weighted by molar-refractivity contribution is -0.387. The number of hydrogen-bond donors (Lipinski definition) is 1. The standard InChI is InChI=1S/C11H13N5O4S/c1-2-15-8-12-14-11(15)7-13-21(19,20)10-6-4-3-5-9(10)16(17)18/h3-6,8,13H,2,7H2,1H3. The van der Waals surface area contributed by atoms with Crippen molar-refractivity contribution in [2.75, 3.05) is 0 Å². The number of hydrogen-bond acceptors (Lipinski definition) is 6. The van der Waals surface area contributed by atoms with Crippen molar-refractivity contribution in [3.8, 4) is 0 Å². The smallest absolute Gasteiger partial charge is 0.289 e. The molecule has 1 N–H and O–H groups in total. The maximum atomic E-state index is 12.2. The molecule has 1 aromatic carbocycles. The highest BCUT2D eigenvalue weighted by atomic mass is 32.2. The molecule has 10 heteroatoms. The van der Waals surface area contributed by atoms with Crippen LogP contribution < -0.4 is 4.72 Å². The summed E-state index contributed by atoms with van der Waals surface area (Å²) in [5, 5.41) is 18.4. The van der Waals surface area contributed by atoms with Gasteiger partial charge in [0.05, 0.1) is 11.5 Å². The Hall–Kier alpha value is -2.33. The predicted octanol–water partition coefficient (Wildman–Crippen LogP) is 0.685. The number of nitro benzene ring substituents is 1. The molecule has 0 bridgehead atoms. The Morgan fingerprint density at radius 2 is 2.10 bits per heavy atom. The maximum Gasteiger partial charge on any atom is 0.289 e. The van der Waals surface area contributed by atoms with Crippen LogP contribution in [0.3, 0.4) is 0 Å². The fraction of sp³-hybridized carbons (Fsp3) is 0.273. The van der Waals surface area contributed by atoms with Gasteiger partial charge in [-0.05, 0) is 13.0 Å². The Morgan fingerprint density at radius 1 is 1.38 bits per heavy atom. The SMILES string of the molecule is CCn1cnnc1CNS(=O)(=O)c1ccccc1[N+](=O)[O-]. The highest BCUT2D eigenvalue weighted by molar-refractivity contribution is 7.89. The molecular weight excluding hydrogens is 298 g/mol. The Balaban J connectivity index is 2.25. The summed E-state index contributed by atoms with van der Waals surface area (Å²) in [7, 11) is -4.01. The van der Waals surface area contributed by atoms with Gasteiger partial charge in [0, 0.05) is 12.6 Å². The number of aromatic nitrogens is 3. The molecule has 1 aromatic heterocycles. The number of nitrogens with zero attached hydrogens (tertiary/aromatic N) is 4. The number of sulfonamides is 1. The second-order valence-corrected chi connectivity index (χ2v) is 5.82. The van der Waals surface area contributed by atoms with Gasteiger partial charge in [-0.25, -0.2) is 13.1 Å². The highest BCUT2D eigenvalue weighted by Gasteiger charge is 2.25. The van der Waals surface area contributed by atoms with Crippen molar-refractivity contribution in [3.05, 3.63) is 46.5 Å². The minimum Gasteiger partial charge on any atom is -0.317 e. The molecule has 2 aromatic rings. The third kappa shape index (κ3) is 3.23. The van der Waals surface area contributed by atoms with E-state index in [0.717, 1.165) is 6.07 Å². The molecule has 1 heterocycles. The van der Waals surface area contributed by atoms with E-state index in [2.05, 4.69) is 14.9 Å². The fourth-order valence-electron chi connectivity index (χ4n) is 1.75. The highest BCUT2D eigenvalue weighted by Crippen LogP contribution is 2.22.